The van der Waals surface area contributed by atoms with Gasteiger partial charge in [-0.25, -0.2) is 14.0 Å². The molecule has 1 atom stereocenters. The van der Waals surface area contributed by atoms with Crippen molar-refractivity contribution < 1.29 is 28.2 Å². The molecule has 0 radical (unpaired) electrons. The monoisotopic (exact) mass is 470 g/mol. The van der Waals surface area contributed by atoms with Gasteiger partial charge in [0.15, 0.2) is 11.5 Å². The molecule has 2 aromatic carbocycles. The van der Waals surface area contributed by atoms with Gasteiger partial charge in [-0.3, -0.25) is 0 Å². The zero-order valence-electron chi connectivity index (χ0n) is 19.9. The van der Waals surface area contributed by atoms with E-state index in [-0.39, 0.29) is 18.5 Å². The highest BCUT2D eigenvalue weighted by molar-refractivity contribution is 5.95. The van der Waals surface area contributed by atoms with Crippen LogP contribution in [0, 0.1) is 5.82 Å². The number of carbonyl (C=O) groups excluding carboxylic acids is 2. The lowest BCUT2D eigenvalue weighted by Gasteiger charge is -2.31. The number of allylic oxidation sites excluding steroid dienone is 1. The predicted molar refractivity (Wildman–Crippen MR) is 126 cm³/mol. The number of rotatable bonds is 10. The molecule has 3 rings (SSSR count). The highest BCUT2D eigenvalue weighted by Crippen LogP contribution is 2.40. The van der Waals surface area contributed by atoms with Crippen molar-refractivity contribution in [1.82, 2.24) is 10.6 Å². The van der Waals surface area contributed by atoms with Crippen LogP contribution in [0.5, 0.6) is 11.5 Å². The van der Waals surface area contributed by atoms with E-state index < -0.39 is 18.0 Å². The Hall–Kier alpha value is -3.55. The van der Waals surface area contributed by atoms with Gasteiger partial charge in [0.25, 0.3) is 0 Å². The largest absolute Gasteiger partial charge is 0.493 e. The molecule has 2 N–H and O–H groups in total. The number of amides is 2. The first kappa shape index (κ1) is 25.1. The second-order valence-corrected chi connectivity index (χ2v) is 8.28. The highest BCUT2D eigenvalue weighted by Gasteiger charge is 2.36. The maximum atomic E-state index is 13.3. The maximum Gasteiger partial charge on any atom is 0.338 e. The number of benzene rings is 2. The number of nitrogens with one attached hydrogen (secondary N) is 2. The minimum atomic E-state index is -0.801. The number of urea groups is 1. The van der Waals surface area contributed by atoms with Crippen LogP contribution in [-0.4, -0.2) is 25.2 Å². The Morgan fingerprint density at radius 3 is 2.53 bits per heavy atom. The third-order valence-electron chi connectivity index (χ3n) is 5.33. The average Bonchev–Trinajstić information content (AvgIpc) is 2.81. The van der Waals surface area contributed by atoms with Gasteiger partial charge in [0.2, 0.25) is 0 Å². The molecule has 1 aliphatic rings. The standard InChI is InChI=1S/C26H31FN2O5/c1-5-6-9-20-22(25(30)34-16(2)3)23(29-26(31)28-20)19-8-7-10-21(32-4)24(19)33-15-17-11-13-18(27)14-12-17/h7-8,10-14,16,23H,5-6,9,15H2,1-4H3,(H2,28,29,31). The number of methoxy groups -OCH3 is 1. The van der Waals surface area contributed by atoms with Gasteiger partial charge in [0.1, 0.15) is 12.4 Å². The summed E-state index contributed by atoms with van der Waals surface area (Å²) in [5.74, 6) is -0.0200. The lowest BCUT2D eigenvalue weighted by atomic mass is 9.92. The molecular weight excluding hydrogens is 439 g/mol. The number of para-hydroxylation sites is 1. The number of carbonyl (C=O) groups is 2. The van der Waals surface area contributed by atoms with E-state index >= 15 is 0 Å². The summed E-state index contributed by atoms with van der Waals surface area (Å²) in [5.41, 5.74) is 2.18. The molecule has 34 heavy (non-hydrogen) atoms. The second kappa shape index (κ2) is 11.5. The molecule has 0 saturated heterocycles. The summed E-state index contributed by atoms with van der Waals surface area (Å²) in [6.07, 6.45) is 1.89. The first-order valence-corrected chi connectivity index (χ1v) is 11.4. The fourth-order valence-corrected chi connectivity index (χ4v) is 3.73. The van der Waals surface area contributed by atoms with Crippen molar-refractivity contribution in [2.75, 3.05) is 7.11 Å². The molecule has 182 valence electrons. The molecule has 7 nitrogen and oxygen atoms in total. The first-order valence-electron chi connectivity index (χ1n) is 11.4. The Labute approximate surface area is 199 Å². The fourth-order valence-electron chi connectivity index (χ4n) is 3.73. The van der Waals surface area contributed by atoms with E-state index in [1.165, 1.54) is 19.2 Å². The van der Waals surface area contributed by atoms with Crippen LogP contribution in [0.15, 0.2) is 53.7 Å². The van der Waals surface area contributed by atoms with Gasteiger partial charge in [0, 0.05) is 11.3 Å². The van der Waals surface area contributed by atoms with E-state index in [9.17, 15) is 14.0 Å². The number of esters is 1. The van der Waals surface area contributed by atoms with Gasteiger partial charge >= 0.3 is 12.0 Å². The molecule has 0 bridgehead atoms. The van der Waals surface area contributed by atoms with E-state index in [4.69, 9.17) is 14.2 Å². The van der Waals surface area contributed by atoms with Gasteiger partial charge in [0.05, 0.1) is 24.8 Å². The SMILES string of the molecule is CCCCC1=C(C(=O)OC(C)C)C(c2cccc(OC)c2OCc2ccc(F)cc2)NC(=O)N1. The topological polar surface area (TPSA) is 85.9 Å². The quantitative estimate of drug-likeness (QED) is 0.468. The predicted octanol–water partition coefficient (Wildman–Crippen LogP) is 5.16. The van der Waals surface area contributed by atoms with Gasteiger partial charge < -0.3 is 24.8 Å². The summed E-state index contributed by atoms with van der Waals surface area (Å²) >= 11 is 0. The van der Waals surface area contributed by atoms with Crippen molar-refractivity contribution in [3.8, 4) is 11.5 Å². The average molecular weight is 471 g/mol. The van der Waals surface area contributed by atoms with Crippen LogP contribution in [0.3, 0.4) is 0 Å². The van der Waals surface area contributed by atoms with Crippen molar-refractivity contribution in [3.05, 3.63) is 70.7 Å². The lowest BCUT2D eigenvalue weighted by Crippen LogP contribution is -2.46. The molecular formula is C26H31FN2O5. The Balaban J connectivity index is 2.05. The molecule has 0 spiro atoms. The third kappa shape index (κ3) is 6.07. The van der Waals surface area contributed by atoms with E-state index in [1.807, 2.05) is 6.92 Å². The number of hydrogen-bond acceptors (Lipinski definition) is 5. The smallest absolute Gasteiger partial charge is 0.338 e. The van der Waals surface area contributed by atoms with Crippen LogP contribution >= 0.6 is 0 Å². The van der Waals surface area contributed by atoms with Crippen molar-refractivity contribution >= 4 is 12.0 Å². The molecule has 0 aliphatic carbocycles. The lowest BCUT2D eigenvalue weighted by molar-refractivity contribution is -0.143. The molecule has 8 heteroatoms. The first-order chi connectivity index (χ1) is 16.3. The number of halogens is 1. The number of unbranched alkanes of at least 4 members (excludes halogenated alkanes) is 1. The summed E-state index contributed by atoms with van der Waals surface area (Å²) < 4.78 is 30.4. The van der Waals surface area contributed by atoms with Crippen LogP contribution in [0.2, 0.25) is 0 Å². The van der Waals surface area contributed by atoms with Crippen molar-refractivity contribution in [1.29, 1.82) is 0 Å². The van der Waals surface area contributed by atoms with E-state index in [1.54, 1.807) is 44.2 Å². The van der Waals surface area contributed by atoms with Gasteiger partial charge in [-0.1, -0.05) is 37.6 Å². The minimum absolute atomic E-state index is 0.144. The Bertz CT molecular complexity index is 1050. The van der Waals surface area contributed by atoms with Crippen molar-refractivity contribution in [2.45, 2.75) is 58.8 Å². The molecule has 2 aromatic rings. The van der Waals surface area contributed by atoms with E-state index in [2.05, 4.69) is 10.6 Å². The molecule has 0 aromatic heterocycles. The minimum Gasteiger partial charge on any atom is -0.493 e. The highest BCUT2D eigenvalue weighted by atomic mass is 19.1. The van der Waals surface area contributed by atoms with Gasteiger partial charge in [-0.15, -0.1) is 0 Å². The normalized spacial score (nSPS) is 15.6. The summed E-state index contributed by atoms with van der Waals surface area (Å²) in [4.78, 5) is 25.7. The molecule has 2 amide bonds. The Morgan fingerprint density at radius 2 is 1.88 bits per heavy atom. The summed E-state index contributed by atoms with van der Waals surface area (Å²) in [6.45, 7) is 5.73. The fraction of sp³-hybridized carbons (Fsp3) is 0.385. The van der Waals surface area contributed by atoms with Gasteiger partial charge in [-0.2, -0.15) is 0 Å². The van der Waals surface area contributed by atoms with Crippen LogP contribution < -0.4 is 20.1 Å². The van der Waals surface area contributed by atoms with Crippen LogP contribution in [0.4, 0.5) is 9.18 Å². The molecule has 0 saturated carbocycles. The molecule has 1 heterocycles. The van der Waals surface area contributed by atoms with Crippen LogP contribution in [0.25, 0.3) is 0 Å². The Kier molecular flexibility index (Phi) is 8.51. The van der Waals surface area contributed by atoms with E-state index in [0.29, 0.717) is 34.8 Å². The van der Waals surface area contributed by atoms with Gasteiger partial charge in [-0.05, 0) is 50.5 Å². The maximum absolute atomic E-state index is 13.3. The molecule has 1 aliphatic heterocycles. The summed E-state index contributed by atoms with van der Waals surface area (Å²) in [7, 11) is 1.52. The zero-order chi connectivity index (χ0) is 24.7. The van der Waals surface area contributed by atoms with Crippen molar-refractivity contribution in [3.63, 3.8) is 0 Å². The number of ether oxygens (including phenoxy) is 3. The number of hydrogen-bond donors (Lipinski definition) is 2. The third-order valence-corrected chi connectivity index (χ3v) is 5.33. The zero-order valence-corrected chi connectivity index (χ0v) is 19.9. The Morgan fingerprint density at radius 1 is 1.15 bits per heavy atom. The van der Waals surface area contributed by atoms with Crippen LogP contribution in [0.1, 0.15) is 57.2 Å². The summed E-state index contributed by atoms with van der Waals surface area (Å²) in [6, 6.07) is 10.0. The van der Waals surface area contributed by atoms with Crippen molar-refractivity contribution in [2.24, 2.45) is 0 Å². The second-order valence-electron chi connectivity index (χ2n) is 8.28. The van der Waals surface area contributed by atoms with E-state index in [0.717, 1.165) is 18.4 Å². The summed E-state index contributed by atoms with van der Waals surface area (Å²) in [5, 5.41) is 5.63. The van der Waals surface area contributed by atoms with Crippen LogP contribution in [-0.2, 0) is 16.1 Å². The molecule has 1 unspecified atom stereocenters. The molecule has 0 fully saturated rings.